The predicted molar refractivity (Wildman–Crippen MR) is 85.7 cm³/mol. The number of carbonyl (C=O) groups excluding carboxylic acids is 1. The first kappa shape index (κ1) is 16.2. The molecule has 128 valence electrons. The van der Waals surface area contributed by atoms with Gasteiger partial charge in [-0.1, -0.05) is 5.16 Å². The average Bonchev–Trinajstić information content (AvgIpc) is 3.11. The first-order valence-electron chi connectivity index (χ1n) is 7.91. The number of H-pyrrole nitrogens is 1. The molecule has 3 heterocycles. The molecule has 0 spiro atoms. The lowest BCUT2D eigenvalue weighted by atomic mass is 10.0. The maximum Gasteiger partial charge on any atom is 0.328 e. The van der Waals surface area contributed by atoms with Crippen molar-refractivity contribution in [3.63, 3.8) is 0 Å². The summed E-state index contributed by atoms with van der Waals surface area (Å²) < 4.78 is 6.46. The lowest BCUT2D eigenvalue weighted by Crippen LogP contribution is -2.38. The van der Waals surface area contributed by atoms with Crippen LogP contribution in [0.4, 0.5) is 0 Å². The highest BCUT2D eigenvalue weighted by Crippen LogP contribution is 2.35. The third-order valence-corrected chi connectivity index (χ3v) is 4.49. The largest absolute Gasteiger partial charge is 0.361 e. The van der Waals surface area contributed by atoms with Crippen molar-refractivity contribution < 1.29 is 9.32 Å². The molecule has 2 aromatic heterocycles. The van der Waals surface area contributed by atoms with Crippen molar-refractivity contribution in [2.24, 2.45) is 0 Å². The van der Waals surface area contributed by atoms with E-state index in [1.807, 2.05) is 13.8 Å². The van der Waals surface area contributed by atoms with Gasteiger partial charge in [-0.3, -0.25) is 19.1 Å². The number of aromatic nitrogens is 3. The summed E-state index contributed by atoms with van der Waals surface area (Å²) in [4.78, 5) is 40.0. The van der Waals surface area contributed by atoms with Crippen LogP contribution in [-0.4, -0.2) is 32.1 Å². The van der Waals surface area contributed by atoms with Crippen LogP contribution < -0.4 is 11.2 Å². The second-order valence-electron chi connectivity index (χ2n) is 6.18. The lowest BCUT2D eigenvalue weighted by molar-refractivity contribution is -0.132. The molecular formula is C16H20N4O4. The van der Waals surface area contributed by atoms with Crippen LogP contribution in [-0.2, 0) is 11.3 Å². The zero-order valence-corrected chi connectivity index (χ0v) is 14.0. The fourth-order valence-electron chi connectivity index (χ4n) is 3.30. The average molecular weight is 332 g/mol. The topological polar surface area (TPSA) is 101 Å². The zero-order chi connectivity index (χ0) is 17.4. The molecule has 24 heavy (non-hydrogen) atoms. The molecule has 1 atom stereocenters. The van der Waals surface area contributed by atoms with Crippen LogP contribution in [0.3, 0.4) is 0 Å². The second kappa shape index (κ2) is 6.10. The summed E-state index contributed by atoms with van der Waals surface area (Å²) >= 11 is 0. The molecule has 0 unspecified atom stereocenters. The van der Waals surface area contributed by atoms with Crippen molar-refractivity contribution in [1.29, 1.82) is 0 Å². The van der Waals surface area contributed by atoms with E-state index >= 15 is 0 Å². The number of nitrogens with zero attached hydrogens (tertiary/aromatic N) is 3. The Labute approximate surface area is 138 Å². The molecule has 0 aromatic carbocycles. The fraction of sp³-hybridized carbons (Fsp3) is 0.500. The summed E-state index contributed by atoms with van der Waals surface area (Å²) in [5, 5.41) is 3.97. The van der Waals surface area contributed by atoms with Gasteiger partial charge in [-0.25, -0.2) is 4.79 Å². The fourth-order valence-corrected chi connectivity index (χ4v) is 3.30. The van der Waals surface area contributed by atoms with Gasteiger partial charge in [0.1, 0.15) is 12.3 Å². The summed E-state index contributed by atoms with van der Waals surface area (Å²) in [6, 6.07) is -0.0803. The summed E-state index contributed by atoms with van der Waals surface area (Å²) in [5.41, 5.74) is 1.12. The Morgan fingerprint density at radius 2 is 2.12 bits per heavy atom. The first-order chi connectivity index (χ1) is 11.4. The van der Waals surface area contributed by atoms with E-state index in [2.05, 4.69) is 10.1 Å². The third-order valence-electron chi connectivity index (χ3n) is 4.49. The zero-order valence-electron chi connectivity index (χ0n) is 14.0. The maximum atomic E-state index is 12.7. The van der Waals surface area contributed by atoms with Gasteiger partial charge in [-0.05, 0) is 33.6 Å². The van der Waals surface area contributed by atoms with E-state index < -0.39 is 11.2 Å². The lowest BCUT2D eigenvalue weighted by Gasteiger charge is -2.25. The SMILES string of the molecule is Cc1noc(C)c1[C@@H]1CCCN1C(=O)Cn1cc(C)c(=O)[nH]c1=O. The van der Waals surface area contributed by atoms with Gasteiger partial charge in [0.2, 0.25) is 5.91 Å². The van der Waals surface area contributed by atoms with Crippen molar-refractivity contribution in [1.82, 2.24) is 19.6 Å². The molecule has 3 rings (SSSR count). The Kier molecular flexibility index (Phi) is 4.13. The second-order valence-corrected chi connectivity index (χ2v) is 6.18. The van der Waals surface area contributed by atoms with Crippen LogP contribution in [0.15, 0.2) is 20.3 Å². The number of carbonyl (C=O) groups is 1. The normalized spacial score (nSPS) is 17.5. The van der Waals surface area contributed by atoms with Crippen LogP contribution in [0.2, 0.25) is 0 Å². The number of rotatable bonds is 3. The quantitative estimate of drug-likeness (QED) is 0.896. The molecule has 8 heteroatoms. The van der Waals surface area contributed by atoms with Crippen molar-refractivity contribution >= 4 is 5.91 Å². The molecule has 2 aromatic rings. The molecular weight excluding hydrogens is 312 g/mol. The predicted octanol–water partition coefficient (Wildman–Crippen LogP) is 0.814. The molecule has 1 saturated heterocycles. The Hall–Kier alpha value is -2.64. The van der Waals surface area contributed by atoms with Gasteiger partial charge >= 0.3 is 5.69 Å². The summed E-state index contributed by atoms with van der Waals surface area (Å²) in [6.07, 6.45) is 3.15. The Morgan fingerprint density at radius 3 is 2.79 bits per heavy atom. The molecule has 1 aliphatic rings. The molecule has 1 amide bonds. The highest BCUT2D eigenvalue weighted by atomic mass is 16.5. The van der Waals surface area contributed by atoms with Gasteiger partial charge in [0.15, 0.2) is 0 Å². The smallest absolute Gasteiger partial charge is 0.328 e. The molecule has 8 nitrogen and oxygen atoms in total. The van der Waals surface area contributed by atoms with Crippen LogP contribution in [0.1, 0.15) is 41.5 Å². The highest BCUT2D eigenvalue weighted by Gasteiger charge is 2.33. The molecule has 1 N–H and O–H groups in total. The number of hydrogen-bond acceptors (Lipinski definition) is 5. The molecule has 1 fully saturated rings. The van der Waals surface area contributed by atoms with E-state index in [9.17, 15) is 14.4 Å². The van der Waals surface area contributed by atoms with E-state index in [1.54, 1.807) is 11.8 Å². The minimum Gasteiger partial charge on any atom is -0.361 e. The van der Waals surface area contributed by atoms with Crippen LogP contribution in [0, 0.1) is 20.8 Å². The molecule has 0 radical (unpaired) electrons. The van der Waals surface area contributed by atoms with Crippen molar-refractivity contribution in [2.45, 2.75) is 46.2 Å². The van der Waals surface area contributed by atoms with Crippen molar-refractivity contribution in [2.75, 3.05) is 6.54 Å². The van der Waals surface area contributed by atoms with Crippen molar-refractivity contribution in [3.05, 3.63) is 49.6 Å². The number of nitrogens with one attached hydrogen (secondary N) is 1. The number of hydrogen-bond donors (Lipinski definition) is 1. The number of aromatic amines is 1. The molecule has 0 saturated carbocycles. The highest BCUT2D eigenvalue weighted by molar-refractivity contribution is 5.77. The first-order valence-corrected chi connectivity index (χ1v) is 7.91. The summed E-state index contributed by atoms with van der Waals surface area (Å²) in [5.74, 6) is 0.556. The van der Waals surface area contributed by atoms with Crippen LogP contribution in [0.25, 0.3) is 0 Å². The van der Waals surface area contributed by atoms with Gasteiger partial charge < -0.3 is 9.42 Å². The minimum atomic E-state index is -0.577. The molecule has 0 bridgehead atoms. The minimum absolute atomic E-state index is 0.0803. The van der Waals surface area contributed by atoms with E-state index in [-0.39, 0.29) is 18.5 Å². The Morgan fingerprint density at radius 1 is 1.38 bits per heavy atom. The Bertz CT molecular complexity index is 873. The van der Waals surface area contributed by atoms with Crippen LogP contribution in [0.5, 0.6) is 0 Å². The van der Waals surface area contributed by atoms with E-state index in [0.29, 0.717) is 17.9 Å². The Balaban J connectivity index is 1.86. The van der Waals surface area contributed by atoms with Gasteiger partial charge in [-0.15, -0.1) is 0 Å². The van der Waals surface area contributed by atoms with Crippen LogP contribution >= 0.6 is 0 Å². The number of amides is 1. The number of aryl methyl sites for hydroxylation is 3. The standard InChI is InChI=1S/C16H20N4O4/c1-9-7-19(16(23)17-15(9)22)8-13(21)20-6-4-5-12(20)14-10(2)18-24-11(14)3/h7,12H,4-6,8H2,1-3H3,(H,17,22,23)/t12-/m0/s1. The monoisotopic (exact) mass is 332 g/mol. The van der Waals surface area contributed by atoms with E-state index in [0.717, 1.165) is 24.1 Å². The number of likely N-dealkylation sites (tertiary alicyclic amines) is 1. The van der Waals surface area contributed by atoms with E-state index in [1.165, 1.54) is 10.8 Å². The van der Waals surface area contributed by atoms with E-state index in [4.69, 9.17) is 4.52 Å². The van der Waals surface area contributed by atoms with Gasteiger partial charge in [0.05, 0.1) is 11.7 Å². The van der Waals surface area contributed by atoms with Gasteiger partial charge in [0, 0.05) is 23.9 Å². The summed E-state index contributed by atoms with van der Waals surface area (Å²) in [7, 11) is 0. The van der Waals surface area contributed by atoms with Gasteiger partial charge in [-0.2, -0.15) is 0 Å². The third kappa shape index (κ3) is 2.79. The molecule has 1 aliphatic heterocycles. The van der Waals surface area contributed by atoms with Gasteiger partial charge in [0.25, 0.3) is 5.56 Å². The molecule has 0 aliphatic carbocycles. The maximum absolute atomic E-state index is 12.7. The summed E-state index contributed by atoms with van der Waals surface area (Å²) in [6.45, 7) is 5.83. The van der Waals surface area contributed by atoms with Crippen molar-refractivity contribution in [3.8, 4) is 0 Å².